The summed E-state index contributed by atoms with van der Waals surface area (Å²) in [5.41, 5.74) is 7.07. The molecular weight excluding hydrogens is 364 g/mol. The zero-order valence-corrected chi connectivity index (χ0v) is 16.7. The van der Waals surface area contributed by atoms with Gasteiger partial charge in [0.25, 0.3) is 0 Å². The molecule has 0 amide bonds. The summed E-state index contributed by atoms with van der Waals surface area (Å²) in [5, 5.41) is 5.16. The van der Waals surface area contributed by atoms with Crippen molar-refractivity contribution in [3.63, 3.8) is 0 Å². The number of hydrogen-bond acceptors (Lipinski definition) is 1. The molecule has 6 rings (SSSR count). The summed E-state index contributed by atoms with van der Waals surface area (Å²) in [6.45, 7) is 0. The zero-order valence-electron chi connectivity index (χ0n) is 16.7. The topological polar surface area (TPSA) is 17.8 Å². The number of rotatable bonds is 2. The largest absolute Gasteiger partial charge is 0.334 e. The van der Waals surface area contributed by atoms with Crippen molar-refractivity contribution in [2.75, 3.05) is 0 Å². The Labute approximate surface area is 175 Å². The first-order valence-electron chi connectivity index (χ1n) is 10.2. The van der Waals surface area contributed by atoms with Crippen molar-refractivity contribution in [3.05, 3.63) is 103 Å². The van der Waals surface area contributed by atoms with Crippen molar-refractivity contribution in [1.82, 2.24) is 9.55 Å². The van der Waals surface area contributed by atoms with Crippen LogP contribution in [0.3, 0.4) is 0 Å². The highest BCUT2D eigenvalue weighted by Crippen LogP contribution is 2.32. The van der Waals surface area contributed by atoms with Crippen molar-refractivity contribution < 1.29 is 0 Å². The van der Waals surface area contributed by atoms with Gasteiger partial charge in [0, 0.05) is 7.05 Å². The molecule has 0 saturated heterocycles. The van der Waals surface area contributed by atoms with Gasteiger partial charge in [-0.25, -0.2) is 4.98 Å². The number of aromatic nitrogens is 2. The van der Waals surface area contributed by atoms with E-state index in [4.69, 9.17) is 0 Å². The Morgan fingerprint density at radius 1 is 0.567 bits per heavy atom. The number of benzene rings is 5. The van der Waals surface area contributed by atoms with Gasteiger partial charge in [-0.05, 0) is 68.1 Å². The lowest BCUT2D eigenvalue weighted by Gasteiger charge is -2.09. The van der Waals surface area contributed by atoms with E-state index in [9.17, 15) is 0 Å². The molecule has 2 nitrogen and oxygen atoms in total. The summed E-state index contributed by atoms with van der Waals surface area (Å²) >= 11 is 0. The smallest absolute Gasteiger partial charge is 0.0955 e. The minimum Gasteiger partial charge on any atom is -0.334 e. The Kier molecular flexibility index (Phi) is 3.72. The minimum atomic E-state index is 1.03. The van der Waals surface area contributed by atoms with Crippen LogP contribution < -0.4 is 0 Å². The minimum absolute atomic E-state index is 1.03. The standard InChI is InChI=1S/C28H20N2/c1-30-18-29-27-14-12-23(17-28(27)30)21-7-4-6-20(15-21)22-11-13-26-24(16-22)10-9-19-5-2-3-8-25(19)26/h2-18H,1H3. The van der Waals surface area contributed by atoms with Gasteiger partial charge < -0.3 is 4.57 Å². The second-order valence-electron chi connectivity index (χ2n) is 7.86. The van der Waals surface area contributed by atoms with Gasteiger partial charge in [0.1, 0.15) is 0 Å². The molecule has 0 aliphatic rings. The van der Waals surface area contributed by atoms with Crippen molar-refractivity contribution in [2.45, 2.75) is 0 Å². The fourth-order valence-electron chi connectivity index (χ4n) is 4.38. The number of hydrogen-bond donors (Lipinski definition) is 0. The van der Waals surface area contributed by atoms with Crippen LogP contribution in [0.15, 0.2) is 103 Å². The maximum atomic E-state index is 4.43. The first-order chi connectivity index (χ1) is 14.8. The highest BCUT2D eigenvalue weighted by atomic mass is 15.0. The molecule has 0 atom stereocenters. The number of imidazole rings is 1. The second kappa shape index (κ2) is 6.57. The molecule has 0 N–H and O–H groups in total. The lowest BCUT2D eigenvalue weighted by atomic mass is 9.95. The molecule has 6 aromatic rings. The number of aryl methyl sites for hydroxylation is 1. The molecule has 0 unspecified atom stereocenters. The van der Waals surface area contributed by atoms with Crippen LogP contribution in [0.2, 0.25) is 0 Å². The van der Waals surface area contributed by atoms with Crippen LogP contribution in [0, 0.1) is 0 Å². The van der Waals surface area contributed by atoms with Gasteiger partial charge >= 0.3 is 0 Å². The summed E-state index contributed by atoms with van der Waals surface area (Å²) in [7, 11) is 2.04. The highest BCUT2D eigenvalue weighted by Gasteiger charge is 2.07. The molecule has 0 spiro atoms. The first-order valence-corrected chi connectivity index (χ1v) is 10.2. The molecule has 0 radical (unpaired) electrons. The molecule has 0 bridgehead atoms. The van der Waals surface area contributed by atoms with E-state index < -0.39 is 0 Å². The summed E-state index contributed by atoms with van der Waals surface area (Å²) in [6.07, 6.45) is 1.86. The molecule has 1 heterocycles. The fraction of sp³-hybridized carbons (Fsp3) is 0.0357. The van der Waals surface area contributed by atoms with Crippen LogP contribution in [0.25, 0.3) is 54.8 Å². The van der Waals surface area contributed by atoms with Gasteiger partial charge in [-0.3, -0.25) is 0 Å². The molecule has 1 aromatic heterocycles. The van der Waals surface area contributed by atoms with E-state index in [0.717, 1.165) is 11.0 Å². The molecule has 2 heteroatoms. The van der Waals surface area contributed by atoms with Crippen LogP contribution in [-0.4, -0.2) is 9.55 Å². The Morgan fingerprint density at radius 3 is 2.17 bits per heavy atom. The maximum Gasteiger partial charge on any atom is 0.0955 e. The molecule has 30 heavy (non-hydrogen) atoms. The van der Waals surface area contributed by atoms with Crippen molar-refractivity contribution >= 4 is 32.6 Å². The Hall–Kier alpha value is -3.91. The predicted octanol–water partition coefficient (Wildman–Crippen LogP) is 7.21. The molecule has 0 fully saturated rings. The van der Waals surface area contributed by atoms with E-state index in [1.54, 1.807) is 0 Å². The van der Waals surface area contributed by atoms with E-state index in [-0.39, 0.29) is 0 Å². The van der Waals surface area contributed by atoms with Gasteiger partial charge in [-0.15, -0.1) is 0 Å². The number of fused-ring (bicyclic) bond motifs is 4. The van der Waals surface area contributed by atoms with Crippen molar-refractivity contribution in [1.29, 1.82) is 0 Å². The summed E-state index contributed by atoms with van der Waals surface area (Å²) in [4.78, 5) is 4.43. The molecule has 5 aromatic carbocycles. The SMILES string of the molecule is Cn1cnc2ccc(-c3cccc(-c4ccc5c(ccc6ccccc65)c4)c3)cc21. The summed E-state index contributed by atoms with van der Waals surface area (Å²) in [5.74, 6) is 0. The maximum absolute atomic E-state index is 4.43. The van der Waals surface area contributed by atoms with E-state index in [1.165, 1.54) is 43.8 Å². The molecule has 0 saturated carbocycles. The number of nitrogens with zero attached hydrogens (tertiary/aromatic N) is 2. The van der Waals surface area contributed by atoms with Crippen LogP contribution in [0.1, 0.15) is 0 Å². The van der Waals surface area contributed by atoms with Gasteiger partial charge in [0.05, 0.1) is 17.4 Å². The van der Waals surface area contributed by atoms with Gasteiger partial charge in [0.15, 0.2) is 0 Å². The molecule has 0 aliphatic carbocycles. The average molecular weight is 384 g/mol. The van der Waals surface area contributed by atoms with Crippen LogP contribution in [0.4, 0.5) is 0 Å². The third kappa shape index (κ3) is 2.69. The highest BCUT2D eigenvalue weighted by molar-refractivity contribution is 6.08. The predicted molar refractivity (Wildman–Crippen MR) is 127 cm³/mol. The van der Waals surface area contributed by atoms with Gasteiger partial charge in [-0.1, -0.05) is 72.8 Å². The van der Waals surface area contributed by atoms with Gasteiger partial charge in [-0.2, -0.15) is 0 Å². The van der Waals surface area contributed by atoms with E-state index in [0.29, 0.717) is 0 Å². The Bertz CT molecular complexity index is 1560. The fourth-order valence-corrected chi connectivity index (χ4v) is 4.38. The lowest BCUT2D eigenvalue weighted by molar-refractivity contribution is 0.948. The third-order valence-corrected chi connectivity index (χ3v) is 6.00. The summed E-state index contributed by atoms with van der Waals surface area (Å²) in [6, 6.07) is 35.0. The monoisotopic (exact) mass is 384 g/mol. The van der Waals surface area contributed by atoms with Crippen LogP contribution in [-0.2, 0) is 7.05 Å². The lowest BCUT2D eigenvalue weighted by Crippen LogP contribution is -1.86. The molecule has 142 valence electrons. The van der Waals surface area contributed by atoms with E-state index in [1.807, 2.05) is 13.4 Å². The van der Waals surface area contributed by atoms with Crippen molar-refractivity contribution in [2.24, 2.45) is 7.05 Å². The summed E-state index contributed by atoms with van der Waals surface area (Å²) < 4.78 is 2.07. The Balaban J connectivity index is 1.46. The zero-order chi connectivity index (χ0) is 20.1. The third-order valence-electron chi connectivity index (χ3n) is 6.00. The molecular formula is C28H20N2. The van der Waals surface area contributed by atoms with E-state index >= 15 is 0 Å². The van der Waals surface area contributed by atoms with Crippen LogP contribution >= 0.6 is 0 Å². The van der Waals surface area contributed by atoms with Crippen molar-refractivity contribution in [3.8, 4) is 22.3 Å². The first kappa shape index (κ1) is 17.0. The quantitative estimate of drug-likeness (QED) is 0.288. The normalized spacial score (nSPS) is 11.5. The second-order valence-corrected chi connectivity index (χ2v) is 7.86. The van der Waals surface area contributed by atoms with Gasteiger partial charge in [0.2, 0.25) is 0 Å². The average Bonchev–Trinajstić information content (AvgIpc) is 3.19. The Morgan fingerprint density at radius 2 is 1.27 bits per heavy atom. The van der Waals surface area contributed by atoms with E-state index in [2.05, 4.69) is 107 Å². The van der Waals surface area contributed by atoms with Crippen LogP contribution in [0.5, 0.6) is 0 Å². The molecule has 0 aliphatic heterocycles.